The third-order valence-electron chi connectivity index (χ3n) is 2.25. The molecule has 4 heteroatoms. The van der Waals surface area contributed by atoms with Crippen LogP contribution >= 0.6 is 0 Å². The first kappa shape index (κ1) is 10.9. The number of aliphatic hydroxyl groups excluding tert-OH is 1. The molecule has 84 valence electrons. The third kappa shape index (κ3) is 2.29. The Hall–Kier alpha value is -1.65. The van der Waals surface area contributed by atoms with Gasteiger partial charge in [-0.05, 0) is 11.6 Å². The second kappa shape index (κ2) is 4.92. The van der Waals surface area contributed by atoms with Crippen molar-refractivity contribution in [3.05, 3.63) is 41.7 Å². The minimum absolute atomic E-state index is 0.134. The van der Waals surface area contributed by atoms with E-state index in [1.165, 1.54) is 0 Å². The van der Waals surface area contributed by atoms with Crippen molar-refractivity contribution in [3.8, 4) is 11.3 Å². The van der Waals surface area contributed by atoms with Crippen molar-refractivity contribution in [3.63, 3.8) is 0 Å². The van der Waals surface area contributed by atoms with Crippen LogP contribution in [0.25, 0.3) is 11.3 Å². The molecule has 0 saturated carbocycles. The highest BCUT2D eigenvalue weighted by Crippen LogP contribution is 2.20. The molecule has 1 aromatic heterocycles. The fraction of sp³-hybridized carbons (Fsp3) is 0.250. The molecule has 0 amide bonds. The highest BCUT2D eigenvalue weighted by molar-refractivity contribution is 5.59. The largest absolute Gasteiger partial charge is 0.388 e. The van der Waals surface area contributed by atoms with Gasteiger partial charge in [0, 0.05) is 18.7 Å². The van der Waals surface area contributed by atoms with Crippen LogP contribution in [0.5, 0.6) is 0 Å². The number of ether oxygens (including phenoxy) is 1. The molecule has 0 spiro atoms. The molecule has 0 saturated heterocycles. The van der Waals surface area contributed by atoms with Crippen molar-refractivity contribution in [2.24, 2.45) is 0 Å². The number of hydrogen-bond donors (Lipinski definition) is 1. The quantitative estimate of drug-likeness (QED) is 0.854. The van der Waals surface area contributed by atoms with Gasteiger partial charge in [0.25, 0.3) is 0 Å². The lowest BCUT2D eigenvalue weighted by Gasteiger charge is -2.01. The van der Waals surface area contributed by atoms with Crippen LogP contribution in [0.1, 0.15) is 11.3 Å². The molecule has 16 heavy (non-hydrogen) atoms. The lowest BCUT2D eigenvalue weighted by Crippen LogP contribution is -1.87. The molecule has 0 aliphatic rings. The number of methoxy groups -OCH3 is 1. The predicted molar refractivity (Wildman–Crippen MR) is 58.6 cm³/mol. The van der Waals surface area contributed by atoms with Crippen LogP contribution in [-0.2, 0) is 18.0 Å². The first-order valence-electron chi connectivity index (χ1n) is 4.98. The topological polar surface area (TPSA) is 55.5 Å². The van der Waals surface area contributed by atoms with Gasteiger partial charge in [-0.1, -0.05) is 23.4 Å². The molecule has 2 aromatic rings. The molecule has 0 aliphatic heterocycles. The molecule has 1 aromatic carbocycles. The summed E-state index contributed by atoms with van der Waals surface area (Å²) in [6, 6.07) is 9.59. The Kier molecular flexibility index (Phi) is 3.34. The van der Waals surface area contributed by atoms with Gasteiger partial charge in [-0.15, -0.1) is 0 Å². The summed E-state index contributed by atoms with van der Waals surface area (Å²) in [6.45, 7) is 0.434. The summed E-state index contributed by atoms with van der Waals surface area (Å²) in [7, 11) is 1.66. The Morgan fingerprint density at radius 2 is 2.25 bits per heavy atom. The number of nitrogens with zero attached hydrogens (tertiary/aromatic N) is 1. The van der Waals surface area contributed by atoms with E-state index in [0.29, 0.717) is 12.4 Å². The number of aliphatic hydroxyl groups is 1. The number of benzene rings is 1. The van der Waals surface area contributed by atoms with Crippen LogP contribution in [0, 0.1) is 0 Å². The molecule has 2 rings (SSSR count). The molecule has 0 bridgehead atoms. The monoisotopic (exact) mass is 219 g/mol. The molecule has 1 heterocycles. The van der Waals surface area contributed by atoms with E-state index in [-0.39, 0.29) is 6.61 Å². The minimum Gasteiger partial charge on any atom is -0.388 e. The van der Waals surface area contributed by atoms with Gasteiger partial charge in [0.05, 0.1) is 6.61 Å². The Bertz CT molecular complexity index is 465. The number of rotatable bonds is 4. The number of aromatic nitrogens is 1. The Morgan fingerprint density at radius 3 is 2.94 bits per heavy atom. The van der Waals surface area contributed by atoms with Crippen molar-refractivity contribution in [1.29, 1.82) is 0 Å². The van der Waals surface area contributed by atoms with Crippen LogP contribution in [0.2, 0.25) is 0 Å². The average Bonchev–Trinajstić information content (AvgIpc) is 2.78. The van der Waals surface area contributed by atoms with Gasteiger partial charge in [-0.25, -0.2) is 0 Å². The normalized spacial score (nSPS) is 10.6. The Balaban J connectivity index is 2.28. The van der Waals surface area contributed by atoms with Crippen LogP contribution < -0.4 is 0 Å². The second-order valence-electron chi connectivity index (χ2n) is 3.47. The summed E-state index contributed by atoms with van der Waals surface area (Å²) >= 11 is 0. The second-order valence-corrected chi connectivity index (χ2v) is 3.47. The van der Waals surface area contributed by atoms with Crippen molar-refractivity contribution < 1.29 is 14.4 Å². The van der Waals surface area contributed by atoms with Gasteiger partial charge in [0.1, 0.15) is 12.3 Å². The van der Waals surface area contributed by atoms with E-state index < -0.39 is 0 Å². The van der Waals surface area contributed by atoms with E-state index in [2.05, 4.69) is 5.16 Å². The standard InChI is InChI=1S/C12H13NO3/c1-15-8-9-3-2-4-10(5-9)12-6-11(7-14)16-13-12/h2-6,14H,7-8H2,1H3. The van der Waals surface area contributed by atoms with Crippen LogP contribution in [0.15, 0.2) is 34.9 Å². The summed E-state index contributed by atoms with van der Waals surface area (Å²) in [5.74, 6) is 0.465. The molecular formula is C12H13NO3. The smallest absolute Gasteiger partial charge is 0.162 e. The summed E-state index contributed by atoms with van der Waals surface area (Å²) in [6.07, 6.45) is 0. The fourth-order valence-electron chi connectivity index (χ4n) is 1.51. The van der Waals surface area contributed by atoms with E-state index in [1.807, 2.05) is 24.3 Å². The zero-order valence-corrected chi connectivity index (χ0v) is 9.01. The molecule has 0 aliphatic carbocycles. The molecule has 0 unspecified atom stereocenters. The fourth-order valence-corrected chi connectivity index (χ4v) is 1.51. The van der Waals surface area contributed by atoms with Gasteiger partial charge in [-0.3, -0.25) is 0 Å². The van der Waals surface area contributed by atoms with E-state index in [0.717, 1.165) is 16.8 Å². The summed E-state index contributed by atoms with van der Waals surface area (Å²) < 4.78 is 10.00. The highest BCUT2D eigenvalue weighted by Gasteiger charge is 2.06. The first-order valence-corrected chi connectivity index (χ1v) is 4.98. The van der Waals surface area contributed by atoms with Crippen molar-refractivity contribution in [1.82, 2.24) is 5.16 Å². The van der Waals surface area contributed by atoms with Gasteiger partial charge < -0.3 is 14.4 Å². The predicted octanol–water partition coefficient (Wildman–Crippen LogP) is 1.98. The zero-order chi connectivity index (χ0) is 11.4. The van der Waals surface area contributed by atoms with Crippen molar-refractivity contribution in [2.75, 3.05) is 7.11 Å². The van der Waals surface area contributed by atoms with Gasteiger partial charge in [0.15, 0.2) is 5.76 Å². The van der Waals surface area contributed by atoms with Gasteiger partial charge >= 0.3 is 0 Å². The van der Waals surface area contributed by atoms with Crippen molar-refractivity contribution in [2.45, 2.75) is 13.2 Å². The minimum atomic E-state index is -0.134. The maximum atomic E-state index is 8.88. The third-order valence-corrected chi connectivity index (χ3v) is 2.25. The van der Waals surface area contributed by atoms with E-state index in [9.17, 15) is 0 Å². The lowest BCUT2D eigenvalue weighted by molar-refractivity contribution is 0.185. The molecular weight excluding hydrogens is 206 g/mol. The summed E-state index contributed by atoms with van der Waals surface area (Å²) in [5, 5.41) is 12.8. The summed E-state index contributed by atoms with van der Waals surface area (Å²) in [5.41, 5.74) is 2.76. The average molecular weight is 219 g/mol. The van der Waals surface area contributed by atoms with Crippen LogP contribution in [0.3, 0.4) is 0 Å². The molecule has 0 fully saturated rings. The first-order chi connectivity index (χ1) is 7.83. The van der Waals surface area contributed by atoms with Crippen LogP contribution in [0.4, 0.5) is 0 Å². The zero-order valence-electron chi connectivity index (χ0n) is 9.01. The van der Waals surface area contributed by atoms with Gasteiger partial charge in [-0.2, -0.15) is 0 Å². The summed E-state index contributed by atoms with van der Waals surface area (Å²) in [4.78, 5) is 0. The maximum absolute atomic E-state index is 8.88. The lowest BCUT2D eigenvalue weighted by atomic mass is 10.1. The highest BCUT2D eigenvalue weighted by atomic mass is 16.5. The van der Waals surface area contributed by atoms with E-state index in [4.69, 9.17) is 14.4 Å². The molecule has 0 atom stereocenters. The molecule has 0 radical (unpaired) electrons. The Labute approximate surface area is 93.5 Å². The van der Waals surface area contributed by atoms with E-state index >= 15 is 0 Å². The Morgan fingerprint density at radius 1 is 1.38 bits per heavy atom. The van der Waals surface area contributed by atoms with Crippen molar-refractivity contribution >= 4 is 0 Å². The maximum Gasteiger partial charge on any atom is 0.162 e. The van der Waals surface area contributed by atoms with Gasteiger partial charge in [0.2, 0.25) is 0 Å². The van der Waals surface area contributed by atoms with Crippen LogP contribution in [-0.4, -0.2) is 17.4 Å². The molecule has 4 nitrogen and oxygen atoms in total. The van der Waals surface area contributed by atoms with E-state index in [1.54, 1.807) is 13.2 Å². The number of hydrogen-bond acceptors (Lipinski definition) is 4. The molecule has 1 N–H and O–H groups in total. The SMILES string of the molecule is COCc1cccc(-c2cc(CO)on2)c1.